The van der Waals surface area contributed by atoms with Gasteiger partial charge in [-0.1, -0.05) is 0 Å². The molecule has 5 nitrogen and oxygen atoms in total. The van der Waals surface area contributed by atoms with Crippen LogP contribution in [-0.4, -0.2) is 31.8 Å². The van der Waals surface area contributed by atoms with Crippen LogP contribution in [0.15, 0.2) is 18.3 Å². The minimum atomic E-state index is -3.43. The lowest BCUT2D eigenvalue weighted by Gasteiger charge is -2.14. The van der Waals surface area contributed by atoms with Crippen molar-refractivity contribution >= 4 is 15.9 Å². The molecule has 0 aliphatic carbocycles. The molecule has 0 aliphatic heterocycles. The fraction of sp³-hybridized carbons (Fsp3) is 0.375. The molecule has 0 spiro atoms. The number of pyridine rings is 1. The largest absolute Gasteiger partial charge is 0.301 e. The second kappa shape index (κ2) is 3.93. The zero-order valence-corrected chi connectivity index (χ0v) is 9.17. The summed E-state index contributed by atoms with van der Waals surface area (Å²) in [4.78, 5) is 3.98. The van der Waals surface area contributed by atoms with Crippen LogP contribution in [-0.2, 0) is 10.2 Å². The standard InChI is InChI=1S/C8H13N3O2S/c1-7-8(5-4-6-9-7)10-14(12,13)11(2)3/h4-6,10H,1-3H3. The lowest BCUT2D eigenvalue weighted by molar-refractivity contribution is 0.526. The molecule has 0 bridgehead atoms. The van der Waals surface area contributed by atoms with Crippen molar-refractivity contribution < 1.29 is 8.42 Å². The van der Waals surface area contributed by atoms with E-state index in [2.05, 4.69) is 9.71 Å². The summed E-state index contributed by atoms with van der Waals surface area (Å²) in [6, 6.07) is 3.35. The van der Waals surface area contributed by atoms with Gasteiger partial charge in [0.1, 0.15) is 0 Å². The first-order valence-corrected chi connectivity index (χ1v) is 5.49. The minimum Gasteiger partial charge on any atom is -0.269 e. The summed E-state index contributed by atoms with van der Waals surface area (Å²) in [5, 5.41) is 0. The highest BCUT2D eigenvalue weighted by Gasteiger charge is 2.13. The molecule has 1 rings (SSSR count). The molecule has 0 amide bonds. The highest BCUT2D eigenvalue weighted by molar-refractivity contribution is 7.90. The molecular weight excluding hydrogens is 202 g/mol. The normalized spacial score (nSPS) is 11.7. The molecule has 0 aromatic carbocycles. The molecule has 0 saturated heterocycles. The van der Waals surface area contributed by atoms with Gasteiger partial charge in [-0.3, -0.25) is 9.71 Å². The minimum absolute atomic E-state index is 0.501. The topological polar surface area (TPSA) is 62.3 Å². The Morgan fingerprint density at radius 3 is 2.57 bits per heavy atom. The van der Waals surface area contributed by atoms with E-state index < -0.39 is 10.2 Å². The second-order valence-electron chi connectivity index (χ2n) is 3.03. The Morgan fingerprint density at radius 2 is 2.07 bits per heavy atom. The molecule has 0 fully saturated rings. The van der Waals surface area contributed by atoms with Gasteiger partial charge in [0.15, 0.2) is 0 Å². The van der Waals surface area contributed by atoms with E-state index in [9.17, 15) is 8.42 Å². The molecule has 0 unspecified atom stereocenters. The van der Waals surface area contributed by atoms with Crippen LogP contribution in [0.2, 0.25) is 0 Å². The average molecular weight is 215 g/mol. The summed E-state index contributed by atoms with van der Waals surface area (Å²) >= 11 is 0. The van der Waals surface area contributed by atoms with E-state index in [0.29, 0.717) is 11.4 Å². The van der Waals surface area contributed by atoms with Gasteiger partial charge in [0.2, 0.25) is 0 Å². The Hall–Kier alpha value is -1.14. The summed E-state index contributed by atoms with van der Waals surface area (Å²) in [7, 11) is -0.498. The predicted molar refractivity (Wildman–Crippen MR) is 55.2 cm³/mol. The molecule has 1 aromatic rings. The molecule has 1 N–H and O–H groups in total. The van der Waals surface area contributed by atoms with Gasteiger partial charge in [-0.05, 0) is 19.1 Å². The summed E-state index contributed by atoms with van der Waals surface area (Å²) in [5.41, 5.74) is 1.15. The van der Waals surface area contributed by atoms with Gasteiger partial charge in [-0.15, -0.1) is 0 Å². The quantitative estimate of drug-likeness (QED) is 0.803. The van der Waals surface area contributed by atoms with E-state index in [-0.39, 0.29) is 0 Å². The molecule has 0 radical (unpaired) electrons. The Kier molecular flexibility index (Phi) is 3.07. The number of nitrogens with one attached hydrogen (secondary N) is 1. The van der Waals surface area contributed by atoms with Crippen LogP contribution in [0.1, 0.15) is 5.69 Å². The third kappa shape index (κ3) is 2.43. The zero-order chi connectivity index (χ0) is 10.8. The maximum Gasteiger partial charge on any atom is 0.301 e. The Bertz CT molecular complexity index is 414. The van der Waals surface area contributed by atoms with E-state index in [1.54, 1.807) is 25.3 Å². The highest BCUT2D eigenvalue weighted by atomic mass is 32.2. The Labute approximate surface area is 84.0 Å². The van der Waals surface area contributed by atoms with Crippen LogP contribution < -0.4 is 4.72 Å². The van der Waals surface area contributed by atoms with Crippen molar-refractivity contribution in [1.29, 1.82) is 0 Å². The first-order valence-electron chi connectivity index (χ1n) is 4.05. The lowest BCUT2D eigenvalue weighted by Crippen LogP contribution is -2.29. The van der Waals surface area contributed by atoms with E-state index in [0.717, 1.165) is 4.31 Å². The zero-order valence-electron chi connectivity index (χ0n) is 8.35. The van der Waals surface area contributed by atoms with Gasteiger partial charge in [0.25, 0.3) is 0 Å². The van der Waals surface area contributed by atoms with Crippen molar-refractivity contribution in [2.75, 3.05) is 18.8 Å². The third-order valence-corrected chi connectivity index (χ3v) is 3.17. The average Bonchev–Trinajstić information content (AvgIpc) is 2.08. The van der Waals surface area contributed by atoms with Gasteiger partial charge in [0.05, 0.1) is 11.4 Å². The molecule has 14 heavy (non-hydrogen) atoms. The molecule has 78 valence electrons. The molecule has 0 saturated carbocycles. The van der Waals surface area contributed by atoms with Gasteiger partial charge < -0.3 is 0 Å². The SMILES string of the molecule is Cc1ncccc1NS(=O)(=O)N(C)C. The molecule has 1 heterocycles. The van der Waals surface area contributed by atoms with Gasteiger partial charge in [-0.2, -0.15) is 12.7 Å². The Balaban J connectivity index is 2.96. The number of nitrogens with zero attached hydrogens (tertiary/aromatic N) is 2. The Morgan fingerprint density at radius 1 is 1.43 bits per heavy atom. The monoisotopic (exact) mass is 215 g/mol. The second-order valence-corrected chi connectivity index (χ2v) is 4.91. The number of rotatable bonds is 3. The van der Waals surface area contributed by atoms with Crippen molar-refractivity contribution in [3.63, 3.8) is 0 Å². The van der Waals surface area contributed by atoms with Crippen LogP contribution in [0, 0.1) is 6.92 Å². The van der Waals surface area contributed by atoms with Crippen LogP contribution >= 0.6 is 0 Å². The van der Waals surface area contributed by atoms with E-state index >= 15 is 0 Å². The number of hydrogen-bond donors (Lipinski definition) is 1. The number of hydrogen-bond acceptors (Lipinski definition) is 3. The van der Waals surface area contributed by atoms with E-state index in [1.807, 2.05) is 0 Å². The van der Waals surface area contributed by atoms with E-state index in [1.165, 1.54) is 14.1 Å². The molecule has 1 aromatic heterocycles. The summed E-state index contributed by atoms with van der Waals surface area (Å²) in [6.45, 7) is 1.74. The van der Waals surface area contributed by atoms with Crippen molar-refractivity contribution in [2.45, 2.75) is 6.92 Å². The fourth-order valence-electron chi connectivity index (χ4n) is 0.822. The first-order chi connectivity index (χ1) is 6.43. The van der Waals surface area contributed by atoms with Gasteiger partial charge in [-0.25, -0.2) is 0 Å². The maximum absolute atomic E-state index is 11.4. The van der Waals surface area contributed by atoms with Crippen molar-refractivity contribution in [1.82, 2.24) is 9.29 Å². The number of aryl methyl sites for hydroxylation is 1. The number of aromatic nitrogens is 1. The molecular formula is C8H13N3O2S. The first kappa shape index (κ1) is 10.9. The van der Waals surface area contributed by atoms with Crippen LogP contribution in [0.5, 0.6) is 0 Å². The van der Waals surface area contributed by atoms with Crippen LogP contribution in [0.4, 0.5) is 5.69 Å². The molecule has 6 heteroatoms. The fourth-order valence-corrected chi connectivity index (χ4v) is 1.50. The highest BCUT2D eigenvalue weighted by Crippen LogP contribution is 2.12. The van der Waals surface area contributed by atoms with Crippen molar-refractivity contribution in [2.24, 2.45) is 0 Å². The van der Waals surface area contributed by atoms with Gasteiger partial charge in [0, 0.05) is 20.3 Å². The number of anilines is 1. The van der Waals surface area contributed by atoms with Gasteiger partial charge >= 0.3 is 10.2 Å². The third-order valence-electron chi connectivity index (χ3n) is 1.73. The summed E-state index contributed by atoms with van der Waals surface area (Å²) < 4.78 is 26.4. The molecule has 0 aliphatic rings. The smallest absolute Gasteiger partial charge is 0.269 e. The van der Waals surface area contributed by atoms with E-state index in [4.69, 9.17) is 0 Å². The molecule has 0 atom stereocenters. The predicted octanol–water partition coefficient (Wildman–Crippen LogP) is 0.608. The van der Waals surface area contributed by atoms with Crippen molar-refractivity contribution in [3.05, 3.63) is 24.0 Å². The maximum atomic E-state index is 11.4. The summed E-state index contributed by atoms with van der Waals surface area (Å²) in [5.74, 6) is 0. The summed E-state index contributed by atoms with van der Waals surface area (Å²) in [6.07, 6.45) is 1.61. The lowest BCUT2D eigenvalue weighted by atomic mass is 10.3. The van der Waals surface area contributed by atoms with Crippen molar-refractivity contribution in [3.8, 4) is 0 Å². The van der Waals surface area contributed by atoms with Crippen LogP contribution in [0.3, 0.4) is 0 Å². The van der Waals surface area contributed by atoms with Crippen LogP contribution in [0.25, 0.3) is 0 Å².